The molecule has 0 fully saturated rings. The van der Waals surface area contributed by atoms with Crippen LogP contribution in [0.2, 0.25) is 0 Å². The monoisotopic (exact) mass is 1300 g/mol. The Bertz CT molecular complexity index is 3760. The molecule has 480 valence electrons. The van der Waals surface area contributed by atoms with Crippen molar-refractivity contribution in [2.75, 3.05) is 49.3 Å². The smallest absolute Gasteiger partial charge is 0.261 e. The topological polar surface area (TPSA) is 91.0 Å². The number of rotatable bonds is 0. The van der Waals surface area contributed by atoms with Gasteiger partial charge >= 0.3 is 0 Å². The van der Waals surface area contributed by atoms with Gasteiger partial charge in [0.25, 0.3) is 23.6 Å². The van der Waals surface area contributed by atoms with Crippen molar-refractivity contribution in [3.63, 3.8) is 0 Å². The van der Waals surface area contributed by atoms with Gasteiger partial charge in [-0.25, -0.2) is 0 Å². The maximum atomic E-state index is 11.7. The number of thiocarbonyl (C=S) groups is 4. The quantitative estimate of drug-likeness (QED) is 0.107. The van der Waals surface area contributed by atoms with Crippen molar-refractivity contribution in [3.05, 3.63) is 241 Å². The minimum atomic E-state index is -0.189. The normalized spacial score (nSPS) is 15.2. The molecule has 0 unspecified atom stereocenters. The van der Waals surface area contributed by atoms with E-state index in [9.17, 15) is 19.2 Å². The Labute approximate surface area is 568 Å². The molecule has 0 radical (unpaired) electrons. The number of nitrogens with zero attached hydrogens (tertiary/aromatic N) is 7. The van der Waals surface area contributed by atoms with Gasteiger partial charge in [-0.15, -0.1) is 0 Å². The van der Waals surface area contributed by atoms with Crippen LogP contribution in [0.4, 0.5) is 0 Å². The molecule has 15 heteroatoms. The summed E-state index contributed by atoms with van der Waals surface area (Å²) in [5, 5.41) is 0. The van der Waals surface area contributed by atoms with Crippen LogP contribution in [-0.4, -0.2) is 127 Å². The fourth-order valence-electron chi connectivity index (χ4n) is 13.0. The summed E-state index contributed by atoms with van der Waals surface area (Å²) in [7, 11) is 13.4. The lowest BCUT2D eigenvalue weighted by Gasteiger charge is -2.09. The molecule has 7 aliphatic rings. The number of hydrogen-bond acceptors (Lipinski definition) is 9. The van der Waals surface area contributed by atoms with E-state index in [1.54, 1.807) is 20.9 Å². The lowest BCUT2D eigenvalue weighted by molar-refractivity contribution is 0.0691. The third-order valence-corrected chi connectivity index (χ3v) is 20.9. The zero-order valence-corrected chi connectivity index (χ0v) is 61.0. The Morgan fingerprint density at radius 1 is 0.228 bits per heavy atom. The van der Waals surface area contributed by atoms with Crippen LogP contribution in [0.5, 0.6) is 0 Å². The van der Waals surface area contributed by atoms with E-state index in [1.807, 2.05) is 78.0 Å². The molecule has 0 aliphatic carbocycles. The van der Waals surface area contributed by atoms with Crippen LogP contribution in [0.1, 0.15) is 175 Å². The average molecular weight is 1300 g/mol. The molecule has 0 saturated heterocycles. The fourth-order valence-corrected chi connectivity index (χ4v) is 14.5. The first-order valence-corrected chi connectivity index (χ1v) is 32.8. The molecular formula is C77H89N7O4S4. The second-order valence-electron chi connectivity index (χ2n) is 25.9. The van der Waals surface area contributed by atoms with E-state index in [1.165, 1.54) is 101 Å². The van der Waals surface area contributed by atoms with E-state index in [-0.39, 0.29) is 23.6 Å². The van der Waals surface area contributed by atoms with Gasteiger partial charge in [-0.1, -0.05) is 134 Å². The largest absolute Gasteiger partial charge is 0.361 e. The van der Waals surface area contributed by atoms with Gasteiger partial charge in [-0.05, 0) is 215 Å². The van der Waals surface area contributed by atoms with Gasteiger partial charge < -0.3 is 24.5 Å². The van der Waals surface area contributed by atoms with E-state index in [2.05, 4.69) is 166 Å². The number of carbonyl (C=O) groups is 4. The summed E-state index contributed by atoms with van der Waals surface area (Å²) < 4.78 is 0. The Morgan fingerprint density at radius 3 is 0.717 bits per heavy atom. The number of amides is 4. The summed E-state index contributed by atoms with van der Waals surface area (Å²) in [6.45, 7) is 34.7. The second-order valence-corrected chi connectivity index (χ2v) is 27.5. The predicted octanol–water partition coefficient (Wildman–Crippen LogP) is 15.0. The highest BCUT2D eigenvalue weighted by molar-refractivity contribution is 7.83. The number of fused-ring (bicyclic) bond motifs is 7. The molecule has 7 heterocycles. The number of benzene rings is 7. The second kappa shape index (κ2) is 28.3. The third-order valence-electron chi connectivity index (χ3n) is 18.9. The number of carbonyl (C=O) groups excluding carboxylic acids is 4. The Balaban J connectivity index is 0.000000138. The highest BCUT2D eigenvalue weighted by atomic mass is 32.1. The molecule has 0 atom stereocenters. The fraction of sp³-hybridized carbons (Fsp3) is 0.351. The van der Waals surface area contributed by atoms with Crippen LogP contribution < -0.4 is 0 Å². The van der Waals surface area contributed by atoms with Gasteiger partial charge in [0, 0.05) is 115 Å². The Hall–Kier alpha value is -7.66. The van der Waals surface area contributed by atoms with E-state index in [0.717, 1.165) is 104 Å². The molecule has 0 spiro atoms. The first-order chi connectivity index (χ1) is 43.2. The zero-order chi connectivity index (χ0) is 68.0. The highest BCUT2D eigenvalue weighted by Crippen LogP contribution is 2.34. The molecular weight excluding hydrogens is 1220 g/mol. The van der Waals surface area contributed by atoms with Crippen LogP contribution in [0.3, 0.4) is 0 Å². The summed E-state index contributed by atoms with van der Waals surface area (Å²) in [6, 6.07) is 29.3. The van der Waals surface area contributed by atoms with Gasteiger partial charge in [-0.3, -0.25) is 29.0 Å². The summed E-state index contributed by atoms with van der Waals surface area (Å²) >= 11 is 21.5. The first kappa shape index (κ1) is 70.2. The molecule has 0 aromatic heterocycles. The number of hydrogen-bond donors (Lipinski definition) is 0. The van der Waals surface area contributed by atoms with Crippen molar-refractivity contribution in [3.8, 4) is 0 Å². The summed E-state index contributed by atoms with van der Waals surface area (Å²) in [5.41, 5.74) is 33.2. The molecule has 7 aromatic carbocycles. The van der Waals surface area contributed by atoms with E-state index < -0.39 is 0 Å². The van der Waals surface area contributed by atoms with Crippen LogP contribution >= 0.6 is 48.9 Å². The van der Waals surface area contributed by atoms with Crippen molar-refractivity contribution in [1.29, 1.82) is 0 Å². The van der Waals surface area contributed by atoms with Crippen LogP contribution in [0, 0.1) is 96.9 Å². The van der Waals surface area contributed by atoms with Gasteiger partial charge in [0.05, 0.1) is 11.1 Å². The highest BCUT2D eigenvalue weighted by Gasteiger charge is 2.36. The molecule has 11 nitrogen and oxygen atoms in total. The average Bonchev–Trinajstić information content (AvgIpc) is 1.66. The lowest BCUT2D eigenvalue weighted by Crippen LogP contribution is -2.24. The minimum Gasteiger partial charge on any atom is -0.361 e. The maximum Gasteiger partial charge on any atom is 0.261 e. The predicted molar refractivity (Wildman–Crippen MR) is 392 cm³/mol. The Kier molecular flexibility index (Phi) is 21.6. The standard InChI is InChI=1S/C11H11NO2.2C11H13NO.C11H11NS2.2C11H13NS.C11H15N/c1-6-4-5-7(2)9-8(6)10(13)12(3)11(9)14;2*1-7-4-5-8(2)10-9(7)6-12(3)11(10)13;1-6-4-5-7(2)9-8(6)10(13)12(3)11(9)14;2*1-7-4-5-8(2)10-9(7)6-12(3)11(10)13;1-8-4-5-9(2)11-7-12(3)6-10(8)11/h4-5H,1-3H3;2*4-5H,6H2,1-3H3;4-5H,1-3H3;2*4-5H,6H2,1-3H3;4-5H,6-7H2,1-3H3. The molecule has 4 amide bonds. The van der Waals surface area contributed by atoms with Gasteiger partial charge in [0.2, 0.25) is 0 Å². The third kappa shape index (κ3) is 13.7. The molecule has 0 saturated carbocycles. The van der Waals surface area contributed by atoms with Gasteiger partial charge in [0.15, 0.2) is 0 Å². The van der Waals surface area contributed by atoms with Gasteiger partial charge in [-0.2, -0.15) is 0 Å². The molecule has 7 aromatic rings. The molecule has 0 bridgehead atoms. The van der Waals surface area contributed by atoms with E-state index in [4.69, 9.17) is 48.9 Å². The Morgan fingerprint density at radius 2 is 0.446 bits per heavy atom. The van der Waals surface area contributed by atoms with Gasteiger partial charge in [0.1, 0.15) is 20.0 Å². The van der Waals surface area contributed by atoms with E-state index in [0.29, 0.717) is 11.1 Å². The molecule has 0 N–H and O–H groups in total. The van der Waals surface area contributed by atoms with Crippen molar-refractivity contribution >= 4 is 92.5 Å². The lowest BCUT2D eigenvalue weighted by atomic mass is 9.99. The maximum absolute atomic E-state index is 11.7. The van der Waals surface area contributed by atoms with E-state index >= 15 is 0 Å². The van der Waals surface area contributed by atoms with Crippen molar-refractivity contribution in [2.24, 2.45) is 0 Å². The SMILES string of the molecule is Cc1ccc(C)c2c1C(=O)N(C)C2=O.Cc1ccc(C)c2c1C(=S)N(C)C2=S.Cc1ccc(C)c2c1CN(C)C2.Cc1ccc(C)c2c1CN(C)C2=O.Cc1ccc(C)c2c1CN(C)C2=O.Cc1ccc(C)c2c1CN(C)C2=S.Cc1ccc(C)c2c1CN(C)C2=S. The minimum absolute atomic E-state index is 0.163. The summed E-state index contributed by atoms with van der Waals surface area (Å²) in [4.78, 5) is 63.7. The first-order valence-electron chi connectivity index (χ1n) is 31.2. The summed E-state index contributed by atoms with van der Waals surface area (Å²) in [5.74, 6) is -0.0511. The van der Waals surface area contributed by atoms with Crippen LogP contribution in [0.15, 0.2) is 84.9 Å². The van der Waals surface area contributed by atoms with Crippen molar-refractivity contribution in [2.45, 2.75) is 136 Å². The molecule has 7 aliphatic heterocycles. The van der Waals surface area contributed by atoms with Crippen LogP contribution in [0.25, 0.3) is 0 Å². The molecule has 14 rings (SSSR count). The van der Waals surface area contributed by atoms with Crippen molar-refractivity contribution < 1.29 is 19.2 Å². The molecule has 92 heavy (non-hydrogen) atoms. The number of aryl methyl sites for hydroxylation is 14. The summed E-state index contributed by atoms with van der Waals surface area (Å²) in [6.07, 6.45) is 0. The number of imide groups is 1. The zero-order valence-electron chi connectivity index (χ0n) is 57.7. The van der Waals surface area contributed by atoms with Crippen molar-refractivity contribution in [1.82, 2.24) is 34.3 Å². The van der Waals surface area contributed by atoms with Crippen LogP contribution in [-0.2, 0) is 39.3 Å².